The number of phenols is 1. The van der Waals surface area contributed by atoms with E-state index in [1.54, 1.807) is 0 Å². The second-order valence-electron chi connectivity index (χ2n) is 4.57. The maximum absolute atomic E-state index is 13.1. The van der Waals surface area contributed by atoms with Gasteiger partial charge in [-0.25, -0.2) is 8.78 Å². The lowest BCUT2D eigenvalue weighted by atomic mass is 10.1. The van der Waals surface area contributed by atoms with Gasteiger partial charge in [0.2, 0.25) is 5.75 Å². The van der Waals surface area contributed by atoms with Crippen LogP contribution in [0.5, 0.6) is 17.2 Å². The van der Waals surface area contributed by atoms with Crippen LogP contribution in [-0.2, 0) is 0 Å². The topological polar surface area (TPSA) is 55.8 Å². The highest BCUT2D eigenvalue weighted by molar-refractivity contribution is 6.09. The molecule has 0 saturated heterocycles. The predicted molar refractivity (Wildman–Crippen MR) is 80.9 cm³/mol. The van der Waals surface area contributed by atoms with Crippen molar-refractivity contribution in [2.45, 2.75) is 0 Å². The average molecular weight is 320 g/mol. The van der Waals surface area contributed by atoms with E-state index in [0.717, 1.165) is 18.2 Å². The number of carbonyl (C=O) groups is 1. The maximum atomic E-state index is 13.1. The van der Waals surface area contributed by atoms with Crippen LogP contribution < -0.4 is 9.47 Å². The molecule has 6 heteroatoms. The first kappa shape index (κ1) is 16.5. The fraction of sp³-hybridized carbons (Fsp3) is 0.118. The van der Waals surface area contributed by atoms with E-state index in [1.165, 1.54) is 38.5 Å². The van der Waals surface area contributed by atoms with Gasteiger partial charge in [-0.1, -0.05) is 12.1 Å². The molecule has 23 heavy (non-hydrogen) atoms. The molecule has 0 atom stereocenters. The highest BCUT2D eigenvalue weighted by atomic mass is 19.2. The number of benzene rings is 2. The number of aromatic hydroxyl groups is 1. The molecule has 2 aromatic carbocycles. The number of methoxy groups -OCH3 is 2. The minimum atomic E-state index is -1.01. The van der Waals surface area contributed by atoms with E-state index in [1.807, 2.05) is 0 Å². The van der Waals surface area contributed by atoms with Crippen molar-refractivity contribution in [1.82, 2.24) is 0 Å². The molecule has 0 heterocycles. The van der Waals surface area contributed by atoms with Crippen molar-refractivity contribution in [2.75, 3.05) is 14.2 Å². The van der Waals surface area contributed by atoms with E-state index in [9.17, 15) is 18.7 Å². The Bertz CT molecular complexity index is 769. The third-order valence-electron chi connectivity index (χ3n) is 3.16. The van der Waals surface area contributed by atoms with Gasteiger partial charge in [0.25, 0.3) is 0 Å². The van der Waals surface area contributed by atoms with Crippen LogP contribution >= 0.6 is 0 Å². The summed E-state index contributed by atoms with van der Waals surface area (Å²) in [6, 6.07) is 6.13. The van der Waals surface area contributed by atoms with Gasteiger partial charge in [0, 0.05) is 0 Å². The lowest BCUT2D eigenvalue weighted by Crippen LogP contribution is -1.99. The summed E-state index contributed by atoms with van der Waals surface area (Å²) in [5, 5.41) is 10.1. The molecule has 0 aliphatic carbocycles. The normalized spacial score (nSPS) is 10.8. The number of phenolic OH excluding ortho intramolecular Hbond substituents is 1. The molecule has 0 saturated carbocycles. The van der Waals surface area contributed by atoms with E-state index >= 15 is 0 Å². The molecular weight excluding hydrogens is 306 g/mol. The number of halogens is 2. The van der Waals surface area contributed by atoms with Gasteiger partial charge in [-0.2, -0.15) is 0 Å². The second-order valence-corrected chi connectivity index (χ2v) is 4.57. The zero-order valence-electron chi connectivity index (χ0n) is 12.5. The number of ether oxygens (including phenoxy) is 2. The van der Waals surface area contributed by atoms with Gasteiger partial charge in [0.15, 0.2) is 28.9 Å². The minimum absolute atomic E-state index is 0.00137. The summed E-state index contributed by atoms with van der Waals surface area (Å²) >= 11 is 0. The Morgan fingerprint density at radius 2 is 1.83 bits per heavy atom. The number of ketones is 1. The van der Waals surface area contributed by atoms with Crippen molar-refractivity contribution in [3.8, 4) is 17.2 Å². The molecule has 2 aromatic rings. The summed E-state index contributed by atoms with van der Waals surface area (Å²) < 4.78 is 36.0. The van der Waals surface area contributed by atoms with Gasteiger partial charge in [-0.05, 0) is 35.9 Å². The Kier molecular flexibility index (Phi) is 4.95. The zero-order valence-corrected chi connectivity index (χ0v) is 12.5. The molecule has 2 rings (SSSR count). The van der Waals surface area contributed by atoms with Gasteiger partial charge >= 0.3 is 0 Å². The van der Waals surface area contributed by atoms with Gasteiger partial charge in [-0.3, -0.25) is 4.79 Å². The Labute approximate surface area is 131 Å². The Morgan fingerprint density at radius 1 is 1.09 bits per heavy atom. The average Bonchev–Trinajstić information content (AvgIpc) is 2.55. The molecule has 1 N–H and O–H groups in total. The molecule has 0 spiro atoms. The van der Waals surface area contributed by atoms with Gasteiger partial charge < -0.3 is 14.6 Å². The molecule has 0 bridgehead atoms. The fourth-order valence-electron chi connectivity index (χ4n) is 1.99. The zero-order chi connectivity index (χ0) is 17.0. The highest BCUT2D eigenvalue weighted by Crippen LogP contribution is 2.39. The Hall–Kier alpha value is -2.89. The molecule has 4 nitrogen and oxygen atoms in total. The Morgan fingerprint density at radius 3 is 2.43 bits per heavy atom. The number of carbonyl (C=O) groups excluding carboxylic acids is 1. The summed E-state index contributed by atoms with van der Waals surface area (Å²) in [5.41, 5.74) is 0.318. The SMILES string of the molecule is COc1ccc(C(=O)/C=C/c2ccc(F)c(F)c2)c(O)c1OC. The van der Waals surface area contributed by atoms with Crippen molar-refractivity contribution in [2.24, 2.45) is 0 Å². The van der Waals surface area contributed by atoms with E-state index in [-0.39, 0.29) is 22.8 Å². The second kappa shape index (κ2) is 6.91. The summed E-state index contributed by atoms with van der Waals surface area (Å²) in [6.45, 7) is 0. The van der Waals surface area contributed by atoms with Crippen LogP contribution in [0.1, 0.15) is 15.9 Å². The van der Waals surface area contributed by atoms with E-state index in [0.29, 0.717) is 5.56 Å². The molecule has 0 aliphatic rings. The molecule has 0 unspecified atom stereocenters. The summed E-state index contributed by atoms with van der Waals surface area (Å²) in [4.78, 5) is 12.1. The summed E-state index contributed by atoms with van der Waals surface area (Å²) in [6.07, 6.45) is 2.47. The van der Waals surface area contributed by atoms with E-state index in [4.69, 9.17) is 9.47 Å². The number of allylic oxidation sites excluding steroid dienone is 1. The van der Waals surface area contributed by atoms with Crippen LogP contribution in [0.3, 0.4) is 0 Å². The molecule has 0 radical (unpaired) electrons. The van der Waals surface area contributed by atoms with Crippen molar-refractivity contribution < 1.29 is 28.2 Å². The smallest absolute Gasteiger partial charge is 0.203 e. The number of hydrogen-bond donors (Lipinski definition) is 1. The first-order valence-electron chi connectivity index (χ1n) is 6.59. The van der Waals surface area contributed by atoms with E-state index in [2.05, 4.69) is 0 Å². The van der Waals surface area contributed by atoms with Crippen LogP contribution in [0.15, 0.2) is 36.4 Å². The van der Waals surface area contributed by atoms with Gasteiger partial charge in [-0.15, -0.1) is 0 Å². The monoisotopic (exact) mass is 320 g/mol. The van der Waals surface area contributed by atoms with Crippen LogP contribution in [0.4, 0.5) is 8.78 Å². The van der Waals surface area contributed by atoms with Crippen molar-refractivity contribution >= 4 is 11.9 Å². The molecule has 0 fully saturated rings. The lowest BCUT2D eigenvalue weighted by Gasteiger charge is -2.11. The van der Waals surface area contributed by atoms with Crippen molar-refractivity contribution in [3.63, 3.8) is 0 Å². The van der Waals surface area contributed by atoms with Gasteiger partial charge in [0.1, 0.15) is 0 Å². The first-order valence-corrected chi connectivity index (χ1v) is 6.59. The standard InChI is InChI=1S/C17H14F2O4/c1-22-15-8-5-11(16(21)17(15)23-2)14(20)7-4-10-3-6-12(18)13(19)9-10/h3-9,21H,1-2H3/b7-4+. The molecule has 0 aromatic heterocycles. The summed E-state index contributed by atoms with van der Waals surface area (Å²) in [7, 11) is 2.74. The maximum Gasteiger partial charge on any atom is 0.203 e. The minimum Gasteiger partial charge on any atom is -0.504 e. The third-order valence-corrected chi connectivity index (χ3v) is 3.16. The predicted octanol–water partition coefficient (Wildman–Crippen LogP) is 3.58. The number of hydrogen-bond acceptors (Lipinski definition) is 4. The quantitative estimate of drug-likeness (QED) is 0.676. The summed E-state index contributed by atoms with van der Waals surface area (Å²) in [5.74, 6) is -2.52. The number of rotatable bonds is 5. The molecule has 120 valence electrons. The molecular formula is C17H14F2O4. The third kappa shape index (κ3) is 3.48. The van der Waals surface area contributed by atoms with Crippen LogP contribution in [0.25, 0.3) is 6.08 Å². The van der Waals surface area contributed by atoms with Gasteiger partial charge in [0.05, 0.1) is 19.8 Å². The Balaban J connectivity index is 2.30. The van der Waals surface area contributed by atoms with Crippen LogP contribution in [-0.4, -0.2) is 25.1 Å². The van der Waals surface area contributed by atoms with Crippen molar-refractivity contribution in [3.05, 3.63) is 59.2 Å². The first-order chi connectivity index (χ1) is 11.0. The lowest BCUT2D eigenvalue weighted by molar-refractivity contribution is 0.104. The van der Waals surface area contributed by atoms with Crippen LogP contribution in [0, 0.1) is 11.6 Å². The largest absolute Gasteiger partial charge is 0.504 e. The molecule has 0 amide bonds. The fourth-order valence-corrected chi connectivity index (χ4v) is 1.99. The molecule has 0 aliphatic heterocycles. The van der Waals surface area contributed by atoms with E-state index < -0.39 is 17.4 Å². The highest BCUT2D eigenvalue weighted by Gasteiger charge is 2.17. The van der Waals surface area contributed by atoms with Crippen LogP contribution in [0.2, 0.25) is 0 Å². The van der Waals surface area contributed by atoms with Crippen molar-refractivity contribution in [1.29, 1.82) is 0 Å².